The second-order valence-corrected chi connectivity index (χ2v) is 3.84. The maximum absolute atomic E-state index is 4.39. The van der Waals surface area contributed by atoms with Crippen LogP contribution in [0, 0.1) is 0 Å². The van der Waals surface area contributed by atoms with E-state index < -0.39 is 0 Å². The molecular formula is C9H13N3. The SMILES string of the molecule is c1nc2c([nH]1)C[C@H]1C[C@@H]2CCN1. The molecule has 1 fully saturated rings. The van der Waals surface area contributed by atoms with E-state index in [1.807, 2.05) is 6.33 Å². The molecule has 3 heteroatoms. The third-order valence-corrected chi connectivity index (χ3v) is 3.08. The fraction of sp³-hybridized carbons (Fsp3) is 0.667. The number of fused-ring (bicyclic) bond motifs is 4. The van der Waals surface area contributed by atoms with Crippen molar-refractivity contribution in [1.29, 1.82) is 0 Å². The summed E-state index contributed by atoms with van der Waals surface area (Å²) in [5.41, 5.74) is 2.70. The molecule has 2 heterocycles. The molecule has 1 aromatic heterocycles. The van der Waals surface area contributed by atoms with Crippen LogP contribution in [0.1, 0.15) is 30.1 Å². The molecule has 1 aromatic rings. The lowest BCUT2D eigenvalue weighted by molar-refractivity contribution is 0.333. The van der Waals surface area contributed by atoms with Crippen LogP contribution in [0.2, 0.25) is 0 Å². The fourth-order valence-corrected chi connectivity index (χ4v) is 2.50. The molecule has 2 aliphatic rings. The van der Waals surface area contributed by atoms with Gasteiger partial charge in [-0.1, -0.05) is 0 Å². The van der Waals surface area contributed by atoms with Crippen molar-refractivity contribution in [2.75, 3.05) is 6.54 Å². The Morgan fingerprint density at radius 1 is 1.50 bits per heavy atom. The van der Waals surface area contributed by atoms with Crippen LogP contribution < -0.4 is 5.32 Å². The lowest BCUT2D eigenvalue weighted by Crippen LogP contribution is -2.42. The molecule has 2 N–H and O–H groups in total. The van der Waals surface area contributed by atoms with Crippen molar-refractivity contribution in [2.45, 2.75) is 31.2 Å². The summed E-state index contributed by atoms with van der Waals surface area (Å²) in [7, 11) is 0. The summed E-state index contributed by atoms with van der Waals surface area (Å²) in [4.78, 5) is 7.63. The number of rotatable bonds is 0. The predicted octanol–water partition coefficient (Wildman–Crippen LogP) is 0.801. The molecule has 3 rings (SSSR count). The maximum atomic E-state index is 4.39. The Labute approximate surface area is 71.6 Å². The number of H-pyrrole nitrogens is 1. The number of aromatic amines is 1. The van der Waals surface area contributed by atoms with E-state index in [-0.39, 0.29) is 0 Å². The first-order valence-corrected chi connectivity index (χ1v) is 4.69. The molecule has 2 atom stereocenters. The molecular weight excluding hydrogens is 150 g/mol. The molecule has 12 heavy (non-hydrogen) atoms. The zero-order chi connectivity index (χ0) is 7.97. The number of aromatic nitrogens is 2. The van der Waals surface area contributed by atoms with Crippen LogP contribution >= 0.6 is 0 Å². The molecule has 0 aromatic carbocycles. The second-order valence-electron chi connectivity index (χ2n) is 3.84. The molecule has 0 radical (unpaired) electrons. The lowest BCUT2D eigenvalue weighted by Gasteiger charge is -2.34. The van der Waals surface area contributed by atoms with Crippen LogP contribution in [-0.2, 0) is 6.42 Å². The van der Waals surface area contributed by atoms with E-state index >= 15 is 0 Å². The Hall–Kier alpha value is -0.830. The van der Waals surface area contributed by atoms with Gasteiger partial charge in [0.05, 0.1) is 12.0 Å². The first kappa shape index (κ1) is 6.66. The van der Waals surface area contributed by atoms with Crippen LogP contribution in [0.25, 0.3) is 0 Å². The van der Waals surface area contributed by atoms with Gasteiger partial charge in [-0.05, 0) is 19.4 Å². The highest BCUT2D eigenvalue weighted by atomic mass is 15.0. The Morgan fingerprint density at radius 2 is 2.50 bits per heavy atom. The zero-order valence-electron chi connectivity index (χ0n) is 7.01. The third kappa shape index (κ3) is 0.829. The molecule has 0 unspecified atom stereocenters. The first-order chi connectivity index (χ1) is 5.93. The van der Waals surface area contributed by atoms with E-state index in [2.05, 4.69) is 15.3 Å². The Kier molecular flexibility index (Phi) is 1.29. The van der Waals surface area contributed by atoms with Gasteiger partial charge < -0.3 is 10.3 Å². The van der Waals surface area contributed by atoms with Gasteiger partial charge in [0.1, 0.15) is 0 Å². The summed E-state index contributed by atoms with van der Waals surface area (Å²) in [6.07, 6.45) is 5.53. The van der Waals surface area contributed by atoms with Crippen molar-refractivity contribution in [3.8, 4) is 0 Å². The Bertz CT molecular complexity index is 292. The number of hydrogen-bond donors (Lipinski definition) is 2. The van der Waals surface area contributed by atoms with E-state index in [9.17, 15) is 0 Å². The normalized spacial score (nSPS) is 33.0. The number of nitrogens with zero attached hydrogens (tertiary/aromatic N) is 1. The van der Waals surface area contributed by atoms with Crippen molar-refractivity contribution < 1.29 is 0 Å². The van der Waals surface area contributed by atoms with Crippen LogP contribution in [0.3, 0.4) is 0 Å². The van der Waals surface area contributed by atoms with Crippen molar-refractivity contribution in [1.82, 2.24) is 15.3 Å². The number of hydrogen-bond acceptors (Lipinski definition) is 2. The van der Waals surface area contributed by atoms with Gasteiger partial charge in [-0.3, -0.25) is 0 Å². The van der Waals surface area contributed by atoms with Crippen molar-refractivity contribution in [3.63, 3.8) is 0 Å². The predicted molar refractivity (Wildman–Crippen MR) is 46.1 cm³/mol. The van der Waals surface area contributed by atoms with Gasteiger partial charge in [-0.25, -0.2) is 4.98 Å². The fourth-order valence-electron chi connectivity index (χ4n) is 2.50. The van der Waals surface area contributed by atoms with Crippen molar-refractivity contribution in [2.24, 2.45) is 0 Å². The third-order valence-electron chi connectivity index (χ3n) is 3.08. The Morgan fingerprint density at radius 3 is 3.50 bits per heavy atom. The van der Waals surface area contributed by atoms with Crippen LogP contribution in [-0.4, -0.2) is 22.6 Å². The molecule has 1 saturated heterocycles. The quantitative estimate of drug-likeness (QED) is 0.594. The van der Waals surface area contributed by atoms with E-state index in [1.54, 1.807) is 0 Å². The van der Waals surface area contributed by atoms with E-state index in [1.165, 1.54) is 30.8 Å². The van der Waals surface area contributed by atoms with Crippen molar-refractivity contribution >= 4 is 0 Å². The summed E-state index contributed by atoms with van der Waals surface area (Å²) in [5, 5.41) is 3.53. The molecule has 2 bridgehead atoms. The van der Waals surface area contributed by atoms with E-state index in [0.717, 1.165) is 12.3 Å². The topological polar surface area (TPSA) is 40.7 Å². The van der Waals surface area contributed by atoms with Gasteiger partial charge in [-0.2, -0.15) is 0 Å². The minimum Gasteiger partial charge on any atom is -0.348 e. The minimum absolute atomic E-state index is 0.705. The second kappa shape index (κ2) is 2.33. The van der Waals surface area contributed by atoms with Crippen LogP contribution in [0.5, 0.6) is 0 Å². The highest BCUT2D eigenvalue weighted by Crippen LogP contribution is 2.34. The largest absolute Gasteiger partial charge is 0.348 e. The molecule has 0 saturated carbocycles. The van der Waals surface area contributed by atoms with Gasteiger partial charge in [0.25, 0.3) is 0 Å². The summed E-state index contributed by atoms with van der Waals surface area (Å²) < 4.78 is 0. The first-order valence-electron chi connectivity index (χ1n) is 4.69. The van der Waals surface area contributed by atoms with Crippen molar-refractivity contribution in [3.05, 3.63) is 17.7 Å². The molecule has 1 aliphatic carbocycles. The maximum Gasteiger partial charge on any atom is 0.0925 e. The van der Waals surface area contributed by atoms with E-state index in [0.29, 0.717) is 6.04 Å². The van der Waals surface area contributed by atoms with Gasteiger partial charge in [0, 0.05) is 24.1 Å². The van der Waals surface area contributed by atoms with Gasteiger partial charge in [0.2, 0.25) is 0 Å². The number of piperidine rings is 1. The van der Waals surface area contributed by atoms with E-state index in [4.69, 9.17) is 0 Å². The minimum atomic E-state index is 0.705. The highest BCUT2D eigenvalue weighted by Gasteiger charge is 2.31. The molecule has 0 amide bonds. The summed E-state index contributed by atoms with van der Waals surface area (Å²) in [5.74, 6) is 0.728. The average Bonchev–Trinajstić information content (AvgIpc) is 2.53. The van der Waals surface area contributed by atoms with Crippen LogP contribution in [0.4, 0.5) is 0 Å². The summed E-state index contributed by atoms with van der Waals surface area (Å²) in [6.45, 7) is 1.17. The Balaban J connectivity index is 2.04. The zero-order valence-corrected chi connectivity index (χ0v) is 7.01. The molecule has 3 nitrogen and oxygen atoms in total. The lowest BCUT2D eigenvalue weighted by atomic mass is 9.81. The molecule has 64 valence electrons. The van der Waals surface area contributed by atoms with Gasteiger partial charge in [0.15, 0.2) is 0 Å². The molecule has 0 spiro atoms. The monoisotopic (exact) mass is 163 g/mol. The number of imidazole rings is 1. The molecule has 1 aliphatic heterocycles. The smallest absolute Gasteiger partial charge is 0.0925 e. The van der Waals surface area contributed by atoms with Crippen LogP contribution in [0.15, 0.2) is 6.33 Å². The van der Waals surface area contributed by atoms with Gasteiger partial charge >= 0.3 is 0 Å². The summed E-state index contributed by atoms with van der Waals surface area (Å²) >= 11 is 0. The van der Waals surface area contributed by atoms with Gasteiger partial charge in [-0.15, -0.1) is 0 Å². The average molecular weight is 163 g/mol. The summed E-state index contributed by atoms with van der Waals surface area (Å²) in [6, 6.07) is 0.705. The highest BCUT2D eigenvalue weighted by molar-refractivity contribution is 5.23. The standard InChI is InChI=1S/C9H13N3/c1-2-10-7-3-6(1)9-8(4-7)11-5-12-9/h5-7,10H,1-4H2,(H,11,12)/t6-,7+/m0/s1. The number of nitrogens with one attached hydrogen (secondary N) is 2.